The lowest BCUT2D eigenvalue weighted by Gasteiger charge is -2.30. The molecule has 2 atom stereocenters. The van der Waals surface area contributed by atoms with E-state index >= 15 is 0 Å². The van der Waals surface area contributed by atoms with Crippen molar-refractivity contribution in [3.05, 3.63) is 36.1 Å². The van der Waals surface area contributed by atoms with E-state index in [-0.39, 0.29) is 24.3 Å². The quantitative estimate of drug-likeness (QED) is 0.272. The fourth-order valence-electron chi connectivity index (χ4n) is 3.36. The summed E-state index contributed by atoms with van der Waals surface area (Å²) in [5.74, 6) is 0.484. The van der Waals surface area contributed by atoms with Gasteiger partial charge in [-0.2, -0.15) is 0 Å². The Hall–Kier alpha value is -2.58. The van der Waals surface area contributed by atoms with Crippen molar-refractivity contribution in [1.29, 1.82) is 0 Å². The van der Waals surface area contributed by atoms with Gasteiger partial charge in [0.1, 0.15) is 0 Å². The fourth-order valence-corrected chi connectivity index (χ4v) is 3.36. The number of nitrogens with one attached hydrogen (secondary N) is 2. The number of nitrogen functional groups attached to an aromatic ring is 1. The lowest BCUT2D eigenvalue weighted by atomic mass is 9.90. The van der Waals surface area contributed by atoms with Crippen LogP contribution in [0.15, 0.2) is 36.1 Å². The Morgan fingerprint density at radius 2 is 2.00 bits per heavy atom. The minimum absolute atomic E-state index is 0.103. The Morgan fingerprint density at radius 1 is 1.22 bits per heavy atom. The van der Waals surface area contributed by atoms with Crippen LogP contribution in [0.1, 0.15) is 52.4 Å². The Morgan fingerprint density at radius 3 is 2.72 bits per heavy atom. The van der Waals surface area contributed by atoms with Gasteiger partial charge in [-0.05, 0) is 55.7 Å². The number of hydrogen-bond acceptors (Lipinski definition) is 6. The standard InChI is InChI=1S/C24H37N3O5/c1-17(2)18-15-21(32-23(16-18)31-14-8-7-13-28)24(30)26-12-6-5-11-22(29)27-20-10-4-3-9-19(20)25/h3-4,9-10,15,17-18,23,28H,5-8,11-14,16,25H2,1-2H3,(H,26,30)(H,27,29)/t18-,23+/m0/s1. The number of para-hydroxylation sites is 2. The van der Waals surface area contributed by atoms with E-state index in [1.165, 1.54) is 0 Å². The molecule has 5 N–H and O–H groups in total. The topological polar surface area (TPSA) is 123 Å². The number of ether oxygens (including phenoxy) is 2. The van der Waals surface area contributed by atoms with Crippen molar-refractivity contribution < 1.29 is 24.2 Å². The maximum absolute atomic E-state index is 12.6. The zero-order valence-corrected chi connectivity index (χ0v) is 19.1. The van der Waals surface area contributed by atoms with Crippen molar-refractivity contribution >= 4 is 23.2 Å². The molecule has 0 bridgehead atoms. The van der Waals surface area contributed by atoms with Crippen LogP contribution >= 0.6 is 0 Å². The van der Waals surface area contributed by atoms with Crippen LogP contribution in [0, 0.1) is 11.8 Å². The molecule has 0 aromatic heterocycles. The van der Waals surface area contributed by atoms with Crippen molar-refractivity contribution in [2.75, 3.05) is 30.8 Å². The highest BCUT2D eigenvalue weighted by Crippen LogP contribution is 2.28. The second kappa shape index (κ2) is 13.8. The molecule has 178 valence electrons. The molecule has 2 amide bonds. The van der Waals surface area contributed by atoms with E-state index in [1.54, 1.807) is 12.1 Å². The van der Waals surface area contributed by atoms with Gasteiger partial charge >= 0.3 is 0 Å². The van der Waals surface area contributed by atoms with Crippen molar-refractivity contribution in [2.24, 2.45) is 11.8 Å². The van der Waals surface area contributed by atoms with Gasteiger partial charge in [0, 0.05) is 26.0 Å². The molecule has 0 saturated heterocycles. The summed E-state index contributed by atoms with van der Waals surface area (Å²) in [5.41, 5.74) is 6.97. The third-order valence-electron chi connectivity index (χ3n) is 5.38. The first-order valence-electron chi connectivity index (χ1n) is 11.4. The maximum Gasteiger partial charge on any atom is 0.286 e. The van der Waals surface area contributed by atoms with E-state index in [1.807, 2.05) is 18.2 Å². The predicted octanol–water partition coefficient (Wildman–Crippen LogP) is 3.19. The largest absolute Gasteiger partial charge is 0.459 e. The zero-order valence-electron chi connectivity index (χ0n) is 19.1. The van der Waals surface area contributed by atoms with Crippen molar-refractivity contribution in [1.82, 2.24) is 5.32 Å². The van der Waals surface area contributed by atoms with Crippen LogP contribution in [-0.4, -0.2) is 43.0 Å². The molecule has 0 aliphatic carbocycles. The highest BCUT2D eigenvalue weighted by molar-refractivity contribution is 5.93. The Labute approximate surface area is 190 Å². The number of carbonyl (C=O) groups excluding carboxylic acids is 2. The van der Waals surface area contributed by atoms with Gasteiger partial charge in [-0.15, -0.1) is 0 Å². The number of aliphatic hydroxyl groups excluding tert-OH is 1. The van der Waals surface area contributed by atoms with E-state index in [0.717, 1.165) is 6.42 Å². The number of anilines is 2. The van der Waals surface area contributed by atoms with Crippen LogP contribution < -0.4 is 16.4 Å². The van der Waals surface area contributed by atoms with E-state index in [4.69, 9.17) is 20.3 Å². The lowest BCUT2D eigenvalue weighted by Crippen LogP contribution is -2.35. The molecular formula is C24H37N3O5. The van der Waals surface area contributed by atoms with E-state index in [9.17, 15) is 9.59 Å². The second-order valence-electron chi connectivity index (χ2n) is 8.37. The third-order valence-corrected chi connectivity index (χ3v) is 5.38. The van der Waals surface area contributed by atoms with Gasteiger partial charge < -0.3 is 30.9 Å². The minimum Gasteiger partial charge on any atom is -0.459 e. The van der Waals surface area contributed by atoms with E-state index in [2.05, 4.69) is 24.5 Å². The summed E-state index contributed by atoms with van der Waals surface area (Å²) in [7, 11) is 0. The Kier molecular flexibility index (Phi) is 11.0. The Balaban J connectivity index is 1.72. The van der Waals surface area contributed by atoms with Gasteiger partial charge in [-0.1, -0.05) is 26.0 Å². The average Bonchev–Trinajstić information content (AvgIpc) is 2.77. The first kappa shape index (κ1) is 25.7. The molecule has 1 aromatic rings. The number of benzene rings is 1. The summed E-state index contributed by atoms with van der Waals surface area (Å²) in [6.45, 7) is 5.30. The molecule has 8 nitrogen and oxygen atoms in total. The summed E-state index contributed by atoms with van der Waals surface area (Å²) in [5, 5.41) is 14.6. The molecule has 1 aliphatic rings. The van der Waals surface area contributed by atoms with Crippen molar-refractivity contribution in [3.63, 3.8) is 0 Å². The number of rotatable bonds is 13. The molecule has 0 unspecified atom stereocenters. The highest BCUT2D eigenvalue weighted by Gasteiger charge is 2.29. The van der Waals surface area contributed by atoms with Crippen molar-refractivity contribution in [2.45, 2.75) is 58.7 Å². The summed E-state index contributed by atoms with van der Waals surface area (Å²) in [4.78, 5) is 24.6. The molecule has 32 heavy (non-hydrogen) atoms. The van der Waals surface area contributed by atoms with Crippen LogP contribution in [0.2, 0.25) is 0 Å². The minimum atomic E-state index is -0.457. The first-order valence-corrected chi connectivity index (χ1v) is 11.4. The number of hydrogen-bond donors (Lipinski definition) is 4. The van der Waals surface area contributed by atoms with Crippen LogP contribution in [0.3, 0.4) is 0 Å². The van der Waals surface area contributed by atoms with Gasteiger partial charge in [-0.25, -0.2) is 0 Å². The molecule has 0 saturated carbocycles. The molecule has 0 fully saturated rings. The van der Waals surface area contributed by atoms with Crippen molar-refractivity contribution in [3.8, 4) is 0 Å². The molecule has 1 heterocycles. The molecule has 0 radical (unpaired) electrons. The monoisotopic (exact) mass is 447 g/mol. The highest BCUT2D eigenvalue weighted by atomic mass is 16.7. The number of amides is 2. The van der Waals surface area contributed by atoms with Gasteiger partial charge in [0.25, 0.3) is 5.91 Å². The summed E-state index contributed by atoms with van der Waals surface area (Å²) >= 11 is 0. The summed E-state index contributed by atoms with van der Waals surface area (Å²) < 4.78 is 11.5. The zero-order chi connectivity index (χ0) is 23.3. The molecule has 0 spiro atoms. The van der Waals surface area contributed by atoms with E-state index < -0.39 is 6.29 Å². The molecule has 1 aromatic carbocycles. The van der Waals surface area contributed by atoms with Crippen LogP contribution in [0.4, 0.5) is 11.4 Å². The molecule has 1 aliphatic heterocycles. The van der Waals surface area contributed by atoms with Gasteiger partial charge in [0.2, 0.25) is 12.2 Å². The number of aliphatic hydroxyl groups is 1. The third kappa shape index (κ3) is 8.88. The molecule has 2 rings (SSSR count). The number of nitrogens with two attached hydrogens (primary N) is 1. The Bertz CT molecular complexity index is 766. The molecule has 8 heteroatoms. The first-order chi connectivity index (χ1) is 15.4. The van der Waals surface area contributed by atoms with Gasteiger partial charge in [0.05, 0.1) is 18.0 Å². The smallest absolute Gasteiger partial charge is 0.286 e. The predicted molar refractivity (Wildman–Crippen MR) is 125 cm³/mol. The summed E-state index contributed by atoms with van der Waals surface area (Å²) in [6.07, 6.45) is 5.22. The van der Waals surface area contributed by atoms with Crippen LogP contribution in [-0.2, 0) is 19.1 Å². The number of allylic oxidation sites excluding steroid dienone is 1. The number of carbonyl (C=O) groups is 2. The van der Waals surface area contributed by atoms with Crippen LogP contribution in [0.25, 0.3) is 0 Å². The van der Waals surface area contributed by atoms with Gasteiger partial charge in [-0.3, -0.25) is 9.59 Å². The fraction of sp³-hybridized carbons (Fsp3) is 0.583. The number of unbranched alkanes of at least 4 members (excludes halogenated alkanes) is 2. The maximum atomic E-state index is 12.6. The van der Waals surface area contributed by atoms with Crippen LogP contribution in [0.5, 0.6) is 0 Å². The molecular weight excluding hydrogens is 410 g/mol. The van der Waals surface area contributed by atoms with E-state index in [0.29, 0.717) is 68.3 Å². The average molecular weight is 448 g/mol. The van der Waals surface area contributed by atoms with Gasteiger partial charge in [0.15, 0.2) is 5.76 Å². The second-order valence-corrected chi connectivity index (χ2v) is 8.37. The summed E-state index contributed by atoms with van der Waals surface area (Å²) in [6, 6.07) is 7.13. The lowest BCUT2D eigenvalue weighted by molar-refractivity contribution is -0.150. The SMILES string of the molecule is CC(C)[C@H]1C=C(C(=O)NCCCCC(=O)Nc2ccccc2N)O[C@@H](OCCCCO)C1. The normalized spacial score (nSPS) is 18.1.